The molecule has 0 heterocycles. The van der Waals surface area contributed by atoms with Crippen LogP contribution in [0.1, 0.15) is 67.9 Å². The van der Waals surface area contributed by atoms with Crippen molar-refractivity contribution in [3.8, 4) is 0 Å². The molecule has 4 heteroatoms. The average Bonchev–Trinajstić information content (AvgIpc) is 2.34. The van der Waals surface area contributed by atoms with Crippen molar-refractivity contribution >= 4 is 23.2 Å². The van der Waals surface area contributed by atoms with Crippen LogP contribution in [0.5, 0.6) is 0 Å². The monoisotopic (exact) mass is 332 g/mol. The number of carbonyl (C=O) groups excluding carboxylic acids is 2. The Morgan fingerprint density at radius 1 is 0.708 bits per heavy atom. The Bertz CT molecular complexity index is 580. The van der Waals surface area contributed by atoms with Crippen LogP contribution in [0.25, 0.3) is 0 Å². The van der Waals surface area contributed by atoms with E-state index in [1.54, 1.807) is 0 Å². The van der Waals surface area contributed by atoms with Gasteiger partial charge in [-0.1, -0.05) is 68.4 Å². The van der Waals surface area contributed by atoms with Gasteiger partial charge in [-0.3, -0.25) is 9.59 Å². The van der Waals surface area contributed by atoms with Gasteiger partial charge in [0.2, 0.25) is 11.8 Å². The zero-order chi connectivity index (χ0) is 18.9. The molecule has 1 rings (SSSR count). The van der Waals surface area contributed by atoms with E-state index in [0.29, 0.717) is 0 Å². The number of amides is 2. The summed E-state index contributed by atoms with van der Waals surface area (Å²) in [5.74, 6) is -0.0976. The molecule has 2 N–H and O–H groups in total. The molecule has 1 aromatic carbocycles. The quantitative estimate of drug-likeness (QED) is 0.804. The number of benzene rings is 1. The number of rotatable bonds is 2. The summed E-state index contributed by atoms with van der Waals surface area (Å²) in [4.78, 5) is 24.8. The van der Waals surface area contributed by atoms with Gasteiger partial charge in [0.1, 0.15) is 0 Å². The molecule has 0 aliphatic heterocycles. The third-order valence-electron chi connectivity index (χ3n) is 3.67. The lowest BCUT2D eigenvalue weighted by Crippen LogP contribution is -2.31. The van der Waals surface area contributed by atoms with Gasteiger partial charge in [-0.05, 0) is 17.5 Å². The molecule has 0 saturated carbocycles. The first-order chi connectivity index (χ1) is 10.6. The van der Waals surface area contributed by atoms with Crippen LogP contribution >= 0.6 is 0 Å². The van der Waals surface area contributed by atoms with Crippen molar-refractivity contribution in [2.24, 2.45) is 10.8 Å². The molecule has 0 bridgehead atoms. The van der Waals surface area contributed by atoms with E-state index in [-0.39, 0.29) is 17.2 Å². The van der Waals surface area contributed by atoms with Crippen LogP contribution in [0.3, 0.4) is 0 Å². The molecule has 24 heavy (non-hydrogen) atoms. The predicted octanol–water partition coefficient (Wildman–Crippen LogP) is 4.95. The standard InChI is InChI=1S/C20H32N2O2/c1-18(2,3)15-13(21-16(23)19(4,5)6)11-10-12-14(15)22-17(24)20(7,8)9/h10-12H,1-9H3,(H,21,23)(H,22,24). The van der Waals surface area contributed by atoms with Gasteiger partial charge in [0.05, 0.1) is 0 Å². The van der Waals surface area contributed by atoms with Gasteiger partial charge in [-0.15, -0.1) is 0 Å². The van der Waals surface area contributed by atoms with E-state index in [0.717, 1.165) is 16.9 Å². The normalized spacial score (nSPS) is 12.7. The molecular formula is C20H32N2O2. The van der Waals surface area contributed by atoms with Crippen LogP contribution < -0.4 is 10.6 Å². The highest BCUT2D eigenvalue weighted by molar-refractivity contribution is 5.99. The molecule has 0 unspecified atom stereocenters. The molecule has 0 atom stereocenters. The minimum atomic E-state index is -0.486. The van der Waals surface area contributed by atoms with E-state index < -0.39 is 10.8 Å². The summed E-state index contributed by atoms with van der Waals surface area (Å²) in [6.07, 6.45) is 0. The summed E-state index contributed by atoms with van der Waals surface area (Å²) in [6, 6.07) is 5.62. The van der Waals surface area contributed by atoms with E-state index >= 15 is 0 Å². The third kappa shape index (κ3) is 5.08. The summed E-state index contributed by atoms with van der Waals surface area (Å²) < 4.78 is 0. The fourth-order valence-electron chi connectivity index (χ4n) is 2.19. The van der Waals surface area contributed by atoms with E-state index in [4.69, 9.17) is 0 Å². The van der Waals surface area contributed by atoms with Crippen LogP contribution in [0.2, 0.25) is 0 Å². The lowest BCUT2D eigenvalue weighted by molar-refractivity contribution is -0.123. The van der Waals surface area contributed by atoms with Gasteiger partial charge in [0.15, 0.2) is 0 Å². The van der Waals surface area contributed by atoms with Crippen LogP contribution in [0, 0.1) is 10.8 Å². The minimum absolute atomic E-state index is 0.0488. The second-order valence-corrected chi connectivity index (χ2v) is 9.39. The van der Waals surface area contributed by atoms with Gasteiger partial charge in [0, 0.05) is 27.8 Å². The molecule has 0 radical (unpaired) electrons. The van der Waals surface area contributed by atoms with Crippen LogP contribution in [-0.2, 0) is 15.0 Å². The van der Waals surface area contributed by atoms with Gasteiger partial charge in [-0.25, -0.2) is 0 Å². The van der Waals surface area contributed by atoms with Crippen molar-refractivity contribution in [1.82, 2.24) is 0 Å². The smallest absolute Gasteiger partial charge is 0.229 e. The molecule has 0 aliphatic rings. The molecule has 1 aromatic rings. The van der Waals surface area contributed by atoms with Crippen molar-refractivity contribution < 1.29 is 9.59 Å². The van der Waals surface area contributed by atoms with Gasteiger partial charge < -0.3 is 10.6 Å². The van der Waals surface area contributed by atoms with E-state index in [1.807, 2.05) is 59.7 Å². The predicted molar refractivity (Wildman–Crippen MR) is 101 cm³/mol. The van der Waals surface area contributed by atoms with Crippen molar-refractivity contribution in [3.63, 3.8) is 0 Å². The molecule has 0 spiro atoms. The summed E-state index contributed by atoms with van der Waals surface area (Å²) in [5, 5.41) is 6.04. The van der Waals surface area contributed by atoms with Gasteiger partial charge in [-0.2, -0.15) is 0 Å². The first kappa shape index (κ1) is 20.2. The Morgan fingerprint density at radius 3 is 1.29 bits per heavy atom. The van der Waals surface area contributed by atoms with E-state index in [1.165, 1.54) is 0 Å². The van der Waals surface area contributed by atoms with Crippen molar-refractivity contribution in [1.29, 1.82) is 0 Å². The third-order valence-corrected chi connectivity index (χ3v) is 3.67. The van der Waals surface area contributed by atoms with Crippen LogP contribution in [-0.4, -0.2) is 11.8 Å². The Hall–Kier alpha value is -1.84. The maximum atomic E-state index is 12.4. The Labute approximate surface area is 146 Å². The lowest BCUT2D eigenvalue weighted by Gasteiger charge is -2.29. The fraction of sp³-hybridized carbons (Fsp3) is 0.600. The summed E-state index contributed by atoms with van der Waals surface area (Å²) in [7, 11) is 0. The summed E-state index contributed by atoms with van der Waals surface area (Å²) in [5.41, 5.74) is 1.21. The molecule has 2 amide bonds. The zero-order valence-corrected chi connectivity index (χ0v) is 16.5. The molecular weight excluding hydrogens is 300 g/mol. The number of hydrogen-bond donors (Lipinski definition) is 2. The number of hydrogen-bond acceptors (Lipinski definition) is 2. The van der Waals surface area contributed by atoms with Crippen molar-refractivity contribution in [2.45, 2.75) is 67.7 Å². The highest BCUT2D eigenvalue weighted by atomic mass is 16.2. The SMILES string of the molecule is CC(C)(C)C(=O)Nc1cccc(NC(=O)C(C)(C)C)c1C(C)(C)C. The number of nitrogens with one attached hydrogen (secondary N) is 2. The highest BCUT2D eigenvalue weighted by Gasteiger charge is 2.28. The summed E-state index contributed by atoms with van der Waals surface area (Å²) >= 11 is 0. The van der Waals surface area contributed by atoms with Gasteiger partial charge in [0.25, 0.3) is 0 Å². The Morgan fingerprint density at radius 2 is 1.04 bits per heavy atom. The van der Waals surface area contributed by atoms with Crippen molar-refractivity contribution in [3.05, 3.63) is 23.8 Å². The maximum absolute atomic E-state index is 12.4. The van der Waals surface area contributed by atoms with Gasteiger partial charge >= 0.3 is 0 Å². The van der Waals surface area contributed by atoms with E-state index in [2.05, 4.69) is 31.4 Å². The number of anilines is 2. The second kappa shape index (κ2) is 6.58. The highest BCUT2D eigenvalue weighted by Crippen LogP contribution is 2.37. The molecule has 0 aromatic heterocycles. The lowest BCUT2D eigenvalue weighted by atomic mass is 9.83. The molecule has 4 nitrogen and oxygen atoms in total. The van der Waals surface area contributed by atoms with Crippen LogP contribution in [0.4, 0.5) is 11.4 Å². The fourth-order valence-corrected chi connectivity index (χ4v) is 2.19. The Balaban J connectivity index is 3.35. The number of carbonyl (C=O) groups is 2. The first-order valence-electron chi connectivity index (χ1n) is 8.40. The summed E-state index contributed by atoms with van der Waals surface area (Å²) in [6.45, 7) is 17.5. The largest absolute Gasteiger partial charge is 0.325 e. The molecule has 0 fully saturated rings. The minimum Gasteiger partial charge on any atom is -0.325 e. The maximum Gasteiger partial charge on any atom is 0.229 e. The molecule has 0 saturated heterocycles. The molecule has 0 aliphatic carbocycles. The second-order valence-electron chi connectivity index (χ2n) is 9.39. The molecule has 134 valence electrons. The average molecular weight is 332 g/mol. The topological polar surface area (TPSA) is 58.2 Å². The van der Waals surface area contributed by atoms with E-state index in [9.17, 15) is 9.59 Å². The first-order valence-corrected chi connectivity index (χ1v) is 8.40. The zero-order valence-electron chi connectivity index (χ0n) is 16.5. The van der Waals surface area contributed by atoms with Crippen LogP contribution in [0.15, 0.2) is 18.2 Å². The van der Waals surface area contributed by atoms with Crippen molar-refractivity contribution in [2.75, 3.05) is 10.6 Å². The Kier molecular flexibility index (Phi) is 5.54.